The summed E-state index contributed by atoms with van der Waals surface area (Å²) in [4.78, 5) is 0. The number of methoxy groups -OCH3 is 2. The van der Waals surface area contributed by atoms with Crippen LogP contribution in [0.25, 0.3) is 11.3 Å². The van der Waals surface area contributed by atoms with Crippen molar-refractivity contribution in [2.75, 3.05) is 20.0 Å². The van der Waals surface area contributed by atoms with Gasteiger partial charge in [0.25, 0.3) is 0 Å². The van der Waals surface area contributed by atoms with Crippen molar-refractivity contribution >= 4 is 5.69 Å². The lowest BCUT2D eigenvalue weighted by molar-refractivity contribution is 0.389. The molecule has 0 saturated heterocycles. The fraction of sp³-hybridized carbons (Fsp3) is 0.250. The highest BCUT2D eigenvalue weighted by Gasteiger charge is 2.12. The average molecular weight is 233 g/mol. The van der Waals surface area contributed by atoms with Crippen molar-refractivity contribution in [2.45, 2.75) is 6.92 Å². The second kappa shape index (κ2) is 4.37. The van der Waals surface area contributed by atoms with Gasteiger partial charge in [-0.1, -0.05) is 0 Å². The van der Waals surface area contributed by atoms with Crippen LogP contribution < -0.4 is 15.2 Å². The van der Waals surface area contributed by atoms with Crippen molar-refractivity contribution in [3.05, 3.63) is 23.9 Å². The molecule has 5 nitrogen and oxygen atoms in total. The Morgan fingerprint density at radius 3 is 2.18 bits per heavy atom. The van der Waals surface area contributed by atoms with Crippen LogP contribution >= 0.6 is 0 Å². The molecule has 0 fully saturated rings. The number of H-pyrrole nitrogens is 1. The van der Waals surface area contributed by atoms with Gasteiger partial charge in [-0.2, -0.15) is 5.10 Å². The SMILES string of the molecule is COc1cc(-c2[nH]ncc2N)cc(OC)c1C. The standard InChI is InChI=1S/C12H15N3O2/c1-7-10(16-2)4-8(5-11(7)17-3)12-9(13)6-14-15-12/h4-6H,13H2,1-3H3,(H,14,15). The predicted octanol–water partition coefficient (Wildman–Crippen LogP) is 1.98. The molecule has 2 rings (SSSR count). The monoisotopic (exact) mass is 233 g/mol. The van der Waals surface area contributed by atoms with Gasteiger partial charge in [-0.25, -0.2) is 0 Å². The minimum atomic E-state index is 0.595. The smallest absolute Gasteiger partial charge is 0.126 e. The van der Waals surface area contributed by atoms with E-state index in [9.17, 15) is 0 Å². The van der Waals surface area contributed by atoms with Crippen LogP contribution in [0.1, 0.15) is 5.56 Å². The summed E-state index contributed by atoms with van der Waals surface area (Å²) in [6, 6.07) is 3.81. The molecule has 0 atom stereocenters. The predicted molar refractivity (Wildman–Crippen MR) is 66.3 cm³/mol. The molecule has 0 unspecified atom stereocenters. The van der Waals surface area contributed by atoms with E-state index in [2.05, 4.69) is 10.2 Å². The van der Waals surface area contributed by atoms with E-state index >= 15 is 0 Å². The van der Waals surface area contributed by atoms with Crippen LogP contribution in [0.4, 0.5) is 5.69 Å². The number of aromatic nitrogens is 2. The molecule has 0 aliphatic carbocycles. The number of hydrogen-bond acceptors (Lipinski definition) is 4. The molecule has 90 valence electrons. The number of nitrogen functional groups attached to an aromatic ring is 1. The highest BCUT2D eigenvalue weighted by Crippen LogP contribution is 2.35. The summed E-state index contributed by atoms with van der Waals surface area (Å²) in [7, 11) is 3.25. The number of nitrogens with zero attached hydrogens (tertiary/aromatic N) is 1. The topological polar surface area (TPSA) is 73.2 Å². The Hall–Kier alpha value is -2.17. The maximum atomic E-state index is 5.82. The third-order valence-corrected chi connectivity index (χ3v) is 2.71. The zero-order chi connectivity index (χ0) is 12.4. The van der Waals surface area contributed by atoms with Crippen LogP contribution in [-0.4, -0.2) is 24.4 Å². The molecule has 1 aromatic heterocycles. The second-order valence-corrected chi connectivity index (χ2v) is 3.71. The second-order valence-electron chi connectivity index (χ2n) is 3.71. The number of rotatable bonds is 3. The first-order chi connectivity index (χ1) is 8.17. The third kappa shape index (κ3) is 1.91. The van der Waals surface area contributed by atoms with E-state index in [0.29, 0.717) is 5.69 Å². The number of nitrogens with one attached hydrogen (secondary N) is 1. The van der Waals surface area contributed by atoms with Crippen LogP contribution in [0.3, 0.4) is 0 Å². The Labute approximate surface area is 99.5 Å². The Morgan fingerprint density at radius 2 is 1.76 bits per heavy atom. The molecular weight excluding hydrogens is 218 g/mol. The summed E-state index contributed by atoms with van der Waals surface area (Å²) in [5, 5.41) is 6.76. The van der Waals surface area contributed by atoms with Crippen molar-refractivity contribution in [3.8, 4) is 22.8 Å². The van der Waals surface area contributed by atoms with Gasteiger partial charge in [0.05, 0.1) is 31.8 Å². The van der Waals surface area contributed by atoms with Gasteiger partial charge in [-0.3, -0.25) is 5.10 Å². The number of ether oxygens (including phenoxy) is 2. The van der Waals surface area contributed by atoms with E-state index in [1.165, 1.54) is 0 Å². The molecular formula is C12H15N3O2. The molecule has 0 radical (unpaired) electrons. The van der Waals surface area contributed by atoms with Gasteiger partial charge < -0.3 is 15.2 Å². The average Bonchev–Trinajstić information content (AvgIpc) is 2.76. The number of aromatic amines is 1. The van der Waals surface area contributed by atoms with Crippen molar-refractivity contribution in [1.82, 2.24) is 10.2 Å². The first kappa shape index (κ1) is 11.3. The maximum absolute atomic E-state index is 5.82. The molecule has 2 aromatic rings. The molecule has 0 saturated carbocycles. The largest absolute Gasteiger partial charge is 0.496 e. The Bertz CT molecular complexity index is 509. The van der Waals surface area contributed by atoms with Gasteiger partial charge in [-0.15, -0.1) is 0 Å². The molecule has 1 aromatic carbocycles. The minimum absolute atomic E-state index is 0.595. The number of benzene rings is 1. The van der Waals surface area contributed by atoms with Gasteiger partial charge in [0.1, 0.15) is 11.5 Å². The minimum Gasteiger partial charge on any atom is -0.496 e. The molecule has 1 heterocycles. The summed E-state index contributed by atoms with van der Waals surface area (Å²) in [5.41, 5.74) is 9.02. The van der Waals surface area contributed by atoms with Crippen molar-refractivity contribution in [2.24, 2.45) is 0 Å². The molecule has 0 amide bonds. The van der Waals surface area contributed by atoms with Crippen molar-refractivity contribution in [3.63, 3.8) is 0 Å². The zero-order valence-electron chi connectivity index (χ0n) is 10.1. The van der Waals surface area contributed by atoms with E-state index in [-0.39, 0.29) is 0 Å². The summed E-state index contributed by atoms with van der Waals surface area (Å²) < 4.78 is 10.6. The highest BCUT2D eigenvalue weighted by molar-refractivity contribution is 5.75. The van der Waals surface area contributed by atoms with Crippen LogP contribution in [0.2, 0.25) is 0 Å². The third-order valence-electron chi connectivity index (χ3n) is 2.71. The van der Waals surface area contributed by atoms with Gasteiger partial charge >= 0.3 is 0 Å². The normalized spacial score (nSPS) is 10.3. The summed E-state index contributed by atoms with van der Waals surface area (Å²) >= 11 is 0. The number of anilines is 1. The lowest BCUT2D eigenvalue weighted by atomic mass is 10.1. The van der Waals surface area contributed by atoms with Gasteiger partial charge in [0.2, 0.25) is 0 Å². The first-order valence-electron chi connectivity index (χ1n) is 5.19. The molecule has 5 heteroatoms. The van der Waals surface area contributed by atoms with E-state index in [1.807, 2.05) is 19.1 Å². The summed E-state index contributed by atoms with van der Waals surface area (Å²) in [6.45, 7) is 1.94. The van der Waals surface area contributed by atoms with Crippen molar-refractivity contribution in [1.29, 1.82) is 0 Å². The number of nitrogens with two attached hydrogens (primary N) is 1. The first-order valence-corrected chi connectivity index (χ1v) is 5.19. The molecule has 3 N–H and O–H groups in total. The fourth-order valence-corrected chi connectivity index (χ4v) is 1.76. The van der Waals surface area contributed by atoms with Gasteiger partial charge in [0.15, 0.2) is 0 Å². The van der Waals surface area contributed by atoms with Gasteiger partial charge in [-0.05, 0) is 19.1 Å². The van der Waals surface area contributed by atoms with E-state index in [0.717, 1.165) is 28.3 Å². The lowest BCUT2D eigenvalue weighted by Gasteiger charge is -2.12. The van der Waals surface area contributed by atoms with E-state index < -0.39 is 0 Å². The molecule has 0 bridgehead atoms. The van der Waals surface area contributed by atoms with Crippen LogP contribution in [-0.2, 0) is 0 Å². The van der Waals surface area contributed by atoms with E-state index in [1.54, 1.807) is 20.4 Å². The summed E-state index contributed by atoms with van der Waals surface area (Å²) in [6.07, 6.45) is 1.58. The molecule has 0 aliphatic heterocycles. The van der Waals surface area contributed by atoms with Crippen LogP contribution in [0.5, 0.6) is 11.5 Å². The quantitative estimate of drug-likeness (QED) is 0.850. The Kier molecular flexibility index (Phi) is 2.91. The molecule has 0 spiro atoms. The Morgan fingerprint density at radius 1 is 1.18 bits per heavy atom. The summed E-state index contributed by atoms with van der Waals surface area (Å²) in [5.74, 6) is 1.52. The van der Waals surface area contributed by atoms with Gasteiger partial charge in [0, 0.05) is 11.1 Å². The van der Waals surface area contributed by atoms with Crippen LogP contribution in [0, 0.1) is 6.92 Å². The van der Waals surface area contributed by atoms with Crippen LogP contribution in [0.15, 0.2) is 18.3 Å². The molecule has 17 heavy (non-hydrogen) atoms. The highest BCUT2D eigenvalue weighted by atomic mass is 16.5. The maximum Gasteiger partial charge on any atom is 0.126 e. The fourth-order valence-electron chi connectivity index (χ4n) is 1.76. The van der Waals surface area contributed by atoms with E-state index in [4.69, 9.17) is 15.2 Å². The lowest BCUT2D eigenvalue weighted by Crippen LogP contribution is -1.95. The molecule has 0 aliphatic rings. The number of hydrogen-bond donors (Lipinski definition) is 2. The van der Waals surface area contributed by atoms with Crippen molar-refractivity contribution < 1.29 is 9.47 Å². The Balaban J connectivity index is 2.60. The zero-order valence-corrected chi connectivity index (χ0v) is 10.1.